The summed E-state index contributed by atoms with van der Waals surface area (Å²) in [5.41, 5.74) is 0. The molecule has 14 heavy (non-hydrogen) atoms. The Morgan fingerprint density at radius 1 is 0.714 bits per heavy atom. The molecule has 0 aromatic carbocycles. The van der Waals surface area contributed by atoms with Crippen LogP contribution in [0.5, 0.6) is 0 Å². The van der Waals surface area contributed by atoms with E-state index in [1.165, 1.54) is 0 Å². The van der Waals surface area contributed by atoms with Crippen molar-refractivity contribution in [3.8, 4) is 0 Å². The van der Waals surface area contributed by atoms with Gasteiger partial charge in [0.25, 0.3) is 0 Å². The third-order valence-electron chi connectivity index (χ3n) is 0.843. The summed E-state index contributed by atoms with van der Waals surface area (Å²) >= 11 is 0.750. The van der Waals surface area contributed by atoms with Crippen molar-refractivity contribution >= 4 is 0 Å². The summed E-state index contributed by atoms with van der Waals surface area (Å²) in [5.74, 6) is 0. The molecule has 0 heterocycles. The van der Waals surface area contributed by atoms with Gasteiger partial charge in [-0.25, -0.2) is 0 Å². The molecule has 0 saturated heterocycles. The third kappa shape index (κ3) is 22.8. The van der Waals surface area contributed by atoms with Gasteiger partial charge in [0.15, 0.2) is 0 Å². The number of hydrogen-bond acceptors (Lipinski definition) is 7. The van der Waals surface area contributed by atoms with Gasteiger partial charge in [0.2, 0.25) is 0 Å². The summed E-state index contributed by atoms with van der Waals surface area (Å²) in [5, 5.41) is 48.0. The van der Waals surface area contributed by atoms with E-state index in [1.54, 1.807) is 0 Å². The van der Waals surface area contributed by atoms with Crippen LogP contribution in [0.4, 0.5) is 0 Å². The minimum absolute atomic E-state index is 0.365. The Hall–Kier alpha value is 0.274. The van der Waals surface area contributed by atoms with Gasteiger partial charge in [-0.3, -0.25) is 0 Å². The van der Waals surface area contributed by atoms with E-state index in [1.807, 2.05) is 0 Å². The molecule has 0 aromatic heterocycles. The van der Waals surface area contributed by atoms with Crippen LogP contribution in [0.3, 0.4) is 0 Å². The second-order valence-corrected chi connectivity index (χ2v) is 2.04. The van der Waals surface area contributed by atoms with Gasteiger partial charge in [0.1, 0.15) is 12.2 Å². The Morgan fingerprint density at radius 2 is 0.857 bits per heavy atom. The molecule has 0 aliphatic carbocycles. The number of aliphatic hydroxyl groups is 6. The zero-order valence-electron chi connectivity index (χ0n) is 7.57. The van der Waals surface area contributed by atoms with Gasteiger partial charge in [0, 0.05) is 0 Å². The topological polar surface area (TPSA) is 138 Å². The van der Waals surface area contributed by atoms with Crippen LogP contribution in [0.15, 0.2) is 0 Å². The Labute approximate surface area is 93.4 Å². The van der Waals surface area contributed by atoms with E-state index in [9.17, 15) is 0 Å². The van der Waals surface area contributed by atoms with Gasteiger partial charge < -0.3 is 30.6 Å². The van der Waals surface area contributed by atoms with Crippen molar-refractivity contribution in [2.45, 2.75) is 12.2 Å². The molecular weight excluding hydrogens is 232 g/mol. The normalized spacial score (nSPS) is 9.00. The summed E-state index contributed by atoms with van der Waals surface area (Å²) in [6.45, 7) is -1.46. The molecule has 84 valence electrons. The average Bonchev–Trinajstić information content (AvgIpc) is 2.30. The van der Waals surface area contributed by atoms with Gasteiger partial charge in [-0.05, 0) is 0 Å². The average molecular weight is 248 g/mol. The zero-order chi connectivity index (χ0) is 12.0. The first-order valence-electron chi connectivity index (χ1n) is 3.62. The fraction of sp³-hybridized carbons (Fsp3) is 1.00. The first kappa shape index (κ1) is 19.8. The second kappa shape index (κ2) is 18.9. The summed E-state index contributed by atoms with van der Waals surface area (Å²) in [6, 6.07) is 0. The van der Waals surface area contributed by atoms with Crippen LogP contribution in [-0.2, 0) is 23.7 Å². The van der Waals surface area contributed by atoms with E-state index in [2.05, 4.69) is 0 Å². The SMILES string of the molecule is OCC(O)CO.OCC(O)CO.[O]=[Ti+2]. The Morgan fingerprint density at radius 3 is 0.857 bits per heavy atom. The number of aliphatic hydroxyl groups excluding tert-OH is 6. The summed E-state index contributed by atoms with van der Waals surface area (Å²) in [7, 11) is 0. The van der Waals surface area contributed by atoms with Gasteiger partial charge in [-0.15, -0.1) is 0 Å². The number of hydrogen-bond donors (Lipinski definition) is 6. The van der Waals surface area contributed by atoms with Crippen molar-refractivity contribution in [2.75, 3.05) is 26.4 Å². The van der Waals surface area contributed by atoms with Gasteiger partial charge in [0.05, 0.1) is 26.4 Å². The van der Waals surface area contributed by atoms with Crippen LogP contribution < -0.4 is 0 Å². The van der Waals surface area contributed by atoms with Crippen LogP contribution >= 0.6 is 0 Å². The quantitative estimate of drug-likeness (QED) is 0.284. The van der Waals surface area contributed by atoms with Crippen molar-refractivity contribution in [3.63, 3.8) is 0 Å². The van der Waals surface area contributed by atoms with E-state index in [0.29, 0.717) is 0 Å². The molecule has 0 unspecified atom stereocenters. The van der Waals surface area contributed by atoms with Crippen molar-refractivity contribution in [1.29, 1.82) is 0 Å². The maximum atomic E-state index is 8.25. The molecule has 6 N–H and O–H groups in total. The predicted octanol–water partition coefficient (Wildman–Crippen LogP) is -3.46. The molecule has 0 saturated carbocycles. The maximum absolute atomic E-state index is 8.25. The summed E-state index contributed by atoms with van der Waals surface area (Å²) < 4.78 is 8.25. The minimum atomic E-state index is -0.954. The molecule has 0 aliphatic rings. The van der Waals surface area contributed by atoms with Crippen molar-refractivity contribution < 1.29 is 54.4 Å². The van der Waals surface area contributed by atoms with Crippen LogP contribution in [0.25, 0.3) is 0 Å². The standard InChI is InChI=1S/2C3H8O3.O.Ti/c2*4-1-3(6)2-5;;/h2*3-6H,1-2H2;;/q;;;+2. The Kier molecular flexibility index (Phi) is 26.8. The monoisotopic (exact) mass is 248 g/mol. The first-order chi connectivity index (χ1) is 6.62. The molecular formula is C6H16O7Ti+2. The fourth-order valence-electron chi connectivity index (χ4n) is 0.115. The van der Waals surface area contributed by atoms with Crippen LogP contribution in [0.1, 0.15) is 0 Å². The van der Waals surface area contributed by atoms with Crippen molar-refractivity contribution in [3.05, 3.63) is 0 Å². The molecule has 0 fully saturated rings. The van der Waals surface area contributed by atoms with Gasteiger partial charge >= 0.3 is 23.7 Å². The summed E-state index contributed by atoms with van der Waals surface area (Å²) in [6.07, 6.45) is -1.91. The predicted molar refractivity (Wildman–Crippen MR) is 41.0 cm³/mol. The molecule has 0 aliphatic heterocycles. The number of rotatable bonds is 4. The molecule has 0 amide bonds. The van der Waals surface area contributed by atoms with Crippen LogP contribution in [0.2, 0.25) is 0 Å². The van der Waals surface area contributed by atoms with E-state index < -0.39 is 12.2 Å². The van der Waals surface area contributed by atoms with E-state index in [4.69, 9.17) is 34.0 Å². The molecule has 0 spiro atoms. The zero-order valence-corrected chi connectivity index (χ0v) is 9.14. The molecule has 0 bridgehead atoms. The molecule has 8 heteroatoms. The second-order valence-electron chi connectivity index (χ2n) is 2.04. The van der Waals surface area contributed by atoms with E-state index in [0.717, 1.165) is 20.4 Å². The molecule has 0 radical (unpaired) electrons. The third-order valence-corrected chi connectivity index (χ3v) is 0.843. The Balaban J connectivity index is -0.000000147. The van der Waals surface area contributed by atoms with Crippen LogP contribution in [0, 0.1) is 0 Å². The van der Waals surface area contributed by atoms with Crippen molar-refractivity contribution in [1.82, 2.24) is 0 Å². The van der Waals surface area contributed by atoms with E-state index >= 15 is 0 Å². The molecule has 0 aromatic rings. The van der Waals surface area contributed by atoms with E-state index in [-0.39, 0.29) is 26.4 Å². The van der Waals surface area contributed by atoms with Crippen molar-refractivity contribution in [2.24, 2.45) is 0 Å². The van der Waals surface area contributed by atoms with Gasteiger partial charge in [-0.1, -0.05) is 0 Å². The molecule has 0 atom stereocenters. The molecule has 7 nitrogen and oxygen atoms in total. The Bertz CT molecular complexity index is 76.2. The van der Waals surface area contributed by atoms with Gasteiger partial charge in [-0.2, -0.15) is 0 Å². The molecule has 0 rings (SSSR count). The fourth-order valence-corrected chi connectivity index (χ4v) is 0.115. The summed E-state index contributed by atoms with van der Waals surface area (Å²) in [4.78, 5) is 0. The first-order valence-corrected chi connectivity index (χ1v) is 4.26. The van der Waals surface area contributed by atoms with Crippen LogP contribution in [-0.4, -0.2) is 69.3 Å².